The van der Waals surface area contributed by atoms with Gasteiger partial charge in [-0.15, -0.1) is 0 Å². The van der Waals surface area contributed by atoms with Crippen LogP contribution in [0.3, 0.4) is 0 Å². The van der Waals surface area contributed by atoms with E-state index in [-0.39, 0.29) is 5.95 Å². The second-order valence-electron chi connectivity index (χ2n) is 4.10. The lowest BCUT2D eigenvalue weighted by Gasteiger charge is -2.06. The Kier molecular flexibility index (Phi) is 3.99. The normalized spacial score (nSPS) is 10.3. The maximum absolute atomic E-state index is 5.79. The summed E-state index contributed by atoms with van der Waals surface area (Å²) >= 11 is 5.79. The molecule has 0 aliphatic carbocycles. The highest BCUT2D eigenvalue weighted by atomic mass is 35.5. The van der Waals surface area contributed by atoms with E-state index in [4.69, 9.17) is 17.3 Å². The van der Waals surface area contributed by atoms with E-state index in [0.29, 0.717) is 11.0 Å². The third-order valence-electron chi connectivity index (χ3n) is 2.55. The molecule has 5 heteroatoms. The van der Waals surface area contributed by atoms with E-state index >= 15 is 0 Å². The minimum Gasteiger partial charge on any atom is -0.370 e. The Labute approximate surface area is 111 Å². The molecule has 0 saturated carbocycles. The van der Waals surface area contributed by atoms with Crippen molar-refractivity contribution in [3.63, 3.8) is 0 Å². The number of nitrogens with two attached hydrogens (primary N) is 1. The topological polar surface area (TPSA) is 63.8 Å². The molecule has 18 heavy (non-hydrogen) atoms. The van der Waals surface area contributed by atoms with Gasteiger partial charge in [0, 0.05) is 12.6 Å². The van der Waals surface area contributed by atoms with Crippen molar-refractivity contribution in [2.24, 2.45) is 0 Å². The van der Waals surface area contributed by atoms with E-state index in [2.05, 4.69) is 46.5 Å². The Hall–Kier alpha value is -1.81. The van der Waals surface area contributed by atoms with E-state index in [1.54, 1.807) is 6.07 Å². The molecule has 0 bridgehead atoms. The van der Waals surface area contributed by atoms with E-state index in [1.165, 1.54) is 11.1 Å². The third-order valence-corrected chi connectivity index (χ3v) is 2.75. The van der Waals surface area contributed by atoms with Crippen molar-refractivity contribution in [3.8, 4) is 0 Å². The molecule has 2 rings (SSSR count). The number of nitrogen functional groups attached to an aromatic ring is 1. The van der Waals surface area contributed by atoms with Crippen LogP contribution in [0.5, 0.6) is 0 Å². The molecule has 1 heterocycles. The van der Waals surface area contributed by atoms with Gasteiger partial charge in [-0.1, -0.05) is 41.4 Å². The Balaban J connectivity index is 1.90. The maximum atomic E-state index is 5.79. The molecule has 0 amide bonds. The zero-order valence-corrected chi connectivity index (χ0v) is 10.9. The quantitative estimate of drug-likeness (QED) is 0.832. The summed E-state index contributed by atoms with van der Waals surface area (Å²) in [6.45, 7) is 2.85. The average Bonchev–Trinajstić information content (AvgIpc) is 2.30. The van der Waals surface area contributed by atoms with Gasteiger partial charge in [-0.3, -0.25) is 0 Å². The molecule has 0 atom stereocenters. The number of benzene rings is 1. The molecule has 0 radical (unpaired) electrons. The summed E-state index contributed by atoms with van der Waals surface area (Å²) in [7, 11) is 0. The number of halogens is 1. The van der Waals surface area contributed by atoms with Crippen LogP contribution in [-0.4, -0.2) is 16.5 Å². The van der Waals surface area contributed by atoms with Crippen molar-refractivity contribution in [1.29, 1.82) is 0 Å². The van der Waals surface area contributed by atoms with Crippen LogP contribution < -0.4 is 11.1 Å². The van der Waals surface area contributed by atoms with Crippen LogP contribution in [0, 0.1) is 6.92 Å². The van der Waals surface area contributed by atoms with Crippen LogP contribution in [0.25, 0.3) is 0 Å². The molecule has 94 valence electrons. The van der Waals surface area contributed by atoms with Crippen LogP contribution in [0.2, 0.25) is 5.15 Å². The number of hydrogen-bond donors (Lipinski definition) is 2. The van der Waals surface area contributed by atoms with Gasteiger partial charge in [0.25, 0.3) is 0 Å². The lowest BCUT2D eigenvalue weighted by Crippen LogP contribution is -2.08. The molecular formula is C13H15ClN4. The van der Waals surface area contributed by atoms with Gasteiger partial charge in [-0.25, -0.2) is 4.98 Å². The van der Waals surface area contributed by atoms with Gasteiger partial charge in [0.2, 0.25) is 5.95 Å². The highest BCUT2D eigenvalue weighted by Crippen LogP contribution is 2.12. The fourth-order valence-electron chi connectivity index (χ4n) is 1.62. The second kappa shape index (κ2) is 5.69. The first-order valence-electron chi connectivity index (χ1n) is 5.73. The summed E-state index contributed by atoms with van der Waals surface area (Å²) < 4.78 is 0. The Morgan fingerprint density at radius 2 is 1.94 bits per heavy atom. The van der Waals surface area contributed by atoms with Crippen molar-refractivity contribution in [2.75, 3.05) is 17.6 Å². The van der Waals surface area contributed by atoms with Gasteiger partial charge < -0.3 is 11.1 Å². The molecule has 2 aromatic rings. The van der Waals surface area contributed by atoms with Gasteiger partial charge in [-0.2, -0.15) is 4.98 Å². The molecule has 0 saturated heterocycles. The van der Waals surface area contributed by atoms with E-state index in [0.717, 1.165) is 13.0 Å². The first-order chi connectivity index (χ1) is 8.63. The number of aromatic nitrogens is 2. The van der Waals surface area contributed by atoms with Crippen LogP contribution in [0.1, 0.15) is 11.1 Å². The van der Waals surface area contributed by atoms with Gasteiger partial charge in [0.05, 0.1) is 0 Å². The van der Waals surface area contributed by atoms with Crippen molar-refractivity contribution in [1.82, 2.24) is 9.97 Å². The summed E-state index contributed by atoms with van der Waals surface area (Å²) in [6.07, 6.45) is 0.918. The number of hydrogen-bond acceptors (Lipinski definition) is 4. The summed E-state index contributed by atoms with van der Waals surface area (Å²) in [4.78, 5) is 7.85. The van der Waals surface area contributed by atoms with Crippen molar-refractivity contribution >= 4 is 23.4 Å². The van der Waals surface area contributed by atoms with Gasteiger partial charge in [0.1, 0.15) is 11.0 Å². The summed E-state index contributed by atoms with van der Waals surface area (Å²) in [5.74, 6) is 0.833. The molecular weight excluding hydrogens is 248 g/mol. The van der Waals surface area contributed by atoms with Crippen LogP contribution >= 0.6 is 11.6 Å². The molecule has 1 aromatic heterocycles. The predicted molar refractivity (Wildman–Crippen MR) is 74.8 cm³/mol. The number of anilines is 2. The molecule has 0 fully saturated rings. The lowest BCUT2D eigenvalue weighted by atomic mass is 10.1. The highest BCUT2D eigenvalue weighted by Gasteiger charge is 2.00. The Morgan fingerprint density at radius 1 is 1.22 bits per heavy atom. The highest BCUT2D eigenvalue weighted by molar-refractivity contribution is 6.29. The minimum absolute atomic E-state index is 0.181. The number of rotatable bonds is 4. The van der Waals surface area contributed by atoms with Crippen LogP contribution in [0.15, 0.2) is 30.3 Å². The fourth-order valence-corrected chi connectivity index (χ4v) is 1.81. The summed E-state index contributed by atoms with van der Waals surface area (Å²) in [6, 6.07) is 10.1. The molecule has 0 aliphatic heterocycles. The molecule has 4 nitrogen and oxygen atoms in total. The fraction of sp³-hybridized carbons (Fsp3) is 0.231. The first kappa shape index (κ1) is 12.6. The van der Waals surface area contributed by atoms with Crippen molar-refractivity contribution in [3.05, 3.63) is 46.6 Å². The standard InChI is InChI=1S/C13H15ClN4/c1-9-2-4-10(5-3-9)6-7-16-12-8-11(14)17-13(15)18-12/h2-5,8H,6-7H2,1H3,(H3,15,16,17,18). The molecule has 0 aliphatic rings. The largest absolute Gasteiger partial charge is 0.370 e. The van der Waals surface area contributed by atoms with E-state index < -0.39 is 0 Å². The SMILES string of the molecule is Cc1ccc(CCNc2cc(Cl)nc(N)n2)cc1. The lowest BCUT2D eigenvalue weighted by molar-refractivity contribution is 1.00. The maximum Gasteiger partial charge on any atom is 0.223 e. The molecule has 1 aromatic carbocycles. The molecule has 0 unspecified atom stereocenters. The van der Waals surface area contributed by atoms with E-state index in [1.807, 2.05) is 0 Å². The first-order valence-corrected chi connectivity index (χ1v) is 6.11. The predicted octanol–water partition coefficient (Wildman–Crippen LogP) is 2.68. The van der Waals surface area contributed by atoms with Crippen molar-refractivity contribution in [2.45, 2.75) is 13.3 Å². The van der Waals surface area contributed by atoms with Gasteiger partial charge >= 0.3 is 0 Å². The number of nitrogens with one attached hydrogen (secondary N) is 1. The van der Waals surface area contributed by atoms with Crippen LogP contribution in [0.4, 0.5) is 11.8 Å². The summed E-state index contributed by atoms with van der Waals surface area (Å²) in [5, 5.41) is 3.52. The third kappa shape index (κ3) is 3.60. The van der Waals surface area contributed by atoms with Crippen LogP contribution in [-0.2, 0) is 6.42 Å². The smallest absolute Gasteiger partial charge is 0.223 e. The van der Waals surface area contributed by atoms with Gasteiger partial charge in [0.15, 0.2) is 0 Å². The number of nitrogens with zero attached hydrogens (tertiary/aromatic N) is 2. The molecule has 0 spiro atoms. The second-order valence-corrected chi connectivity index (χ2v) is 4.48. The number of aryl methyl sites for hydroxylation is 1. The molecule has 3 N–H and O–H groups in total. The Bertz CT molecular complexity index is 505. The summed E-state index contributed by atoms with van der Waals surface area (Å²) in [5.41, 5.74) is 8.06. The minimum atomic E-state index is 0.181. The monoisotopic (exact) mass is 262 g/mol. The van der Waals surface area contributed by atoms with Gasteiger partial charge in [-0.05, 0) is 18.9 Å². The zero-order chi connectivity index (χ0) is 13.0. The van der Waals surface area contributed by atoms with E-state index in [9.17, 15) is 0 Å². The average molecular weight is 263 g/mol. The van der Waals surface area contributed by atoms with Crippen molar-refractivity contribution < 1.29 is 0 Å². The zero-order valence-electron chi connectivity index (χ0n) is 10.2. The Morgan fingerprint density at radius 3 is 2.61 bits per heavy atom.